The SMILES string of the molecule is C=C/C(C)=C\CC(O)C(=C)C. The number of aliphatic hydroxyl groups excluding tert-OH is 1. The average Bonchev–Trinajstić information content (AvgIpc) is 1.99. The Hall–Kier alpha value is -0.820. The standard InChI is InChI=1S/C10H16O/c1-5-9(4)6-7-10(11)8(2)3/h5-6,10-11H,1-2,7H2,3-4H3/b9-6-. The predicted molar refractivity (Wildman–Crippen MR) is 49.4 cm³/mol. The molecule has 0 aliphatic carbocycles. The van der Waals surface area contributed by atoms with E-state index in [1.54, 1.807) is 6.08 Å². The van der Waals surface area contributed by atoms with Crippen molar-refractivity contribution in [2.75, 3.05) is 0 Å². The summed E-state index contributed by atoms with van der Waals surface area (Å²) in [6, 6.07) is 0. The third-order valence-corrected chi connectivity index (χ3v) is 1.55. The van der Waals surface area contributed by atoms with E-state index in [-0.39, 0.29) is 0 Å². The summed E-state index contributed by atoms with van der Waals surface area (Å²) in [5.41, 5.74) is 1.89. The van der Waals surface area contributed by atoms with Crippen LogP contribution in [0.2, 0.25) is 0 Å². The van der Waals surface area contributed by atoms with Crippen LogP contribution in [0.15, 0.2) is 36.5 Å². The van der Waals surface area contributed by atoms with Crippen LogP contribution in [-0.4, -0.2) is 11.2 Å². The highest BCUT2D eigenvalue weighted by molar-refractivity contribution is 5.14. The topological polar surface area (TPSA) is 20.2 Å². The molecule has 0 aliphatic heterocycles. The number of hydrogen-bond donors (Lipinski definition) is 1. The Morgan fingerprint density at radius 1 is 1.55 bits per heavy atom. The first kappa shape index (κ1) is 10.2. The maximum atomic E-state index is 9.29. The minimum atomic E-state index is -0.412. The second-order valence-electron chi connectivity index (χ2n) is 2.75. The summed E-state index contributed by atoms with van der Waals surface area (Å²) in [7, 11) is 0. The van der Waals surface area contributed by atoms with Gasteiger partial charge in [-0.15, -0.1) is 0 Å². The summed E-state index contributed by atoms with van der Waals surface area (Å²) in [5, 5.41) is 9.29. The molecule has 0 saturated heterocycles. The molecular formula is C10H16O. The van der Waals surface area contributed by atoms with Crippen molar-refractivity contribution in [2.45, 2.75) is 26.4 Å². The summed E-state index contributed by atoms with van der Waals surface area (Å²) in [5.74, 6) is 0. The van der Waals surface area contributed by atoms with Gasteiger partial charge in [0.15, 0.2) is 0 Å². The van der Waals surface area contributed by atoms with Crippen molar-refractivity contribution < 1.29 is 5.11 Å². The molecule has 0 bridgehead atoms. The Balaban J connectivity index is 3.87. The molecular weight excluding hydrogens is 136 g/mol. The van der Waals surface area contributed by atoms with Crippen LogP contribution in [0.4, 0.5) is 0 Å². The lowest BCUT2D eigenvalue weighted by Gasteiger charge is -2.06. The number of hydrogen-bond acceptors (Lipinski definition) is 1. The maximum absolute atomic E-state index is 9.29. The van der Waals surface area contributed by atoms with E-state index in [9.17, 15) is 5.11 Å². The zero-order valence-electron chi connectivity index (χ0n) is 7.30. The van der Waals surface area contributed by atoms with E-state index >= 15 is 0 Å². The third kappa shape index (κ3) is 4.57. The molecule has 0 heterocycles. The van der Waals surface area contributed by atoms with Gasteiger partial charge in [-0.1, -0.05) is 36.5 Å². The molecule has 62 valence electrons. The van der Waals surface area contributed by atoms with Gasteiger partial charge < -0.3 is 5.11 Å². The van der Waals surface area contributed by atoms with Crippen LogP contribution in [-0.2, 0) is 0 Å². The fraction of sp³-hybridized carbons (Fsp3) is 0.400. The van der Waals surface area contributed by atoms with E-state index in [0.717, 1.165) is 11.1 Å². The summed E-state index contributed by atoms with van der Waals surface area (Å²) in [4.78, 5) is 0. The minimum Gasteiger partial charge on any atom is -0.388 e. The molecule has 0 radical (unpaired) electrons. The summed E-state index contributed by atoms with van der Waals surface area (Å²) in [6.45, 7) is 11.0. The monoisotopic (exact) mass is 152 g/mol. The molecule has 11 heavy (non-hydrogen) atoms. The van der Waals surface area contributed by atoms with E-state index in [4.69, 9.17) is 0 Å². The van der Waals surface area contributed by atoms with Crippen molar-refractivity contribution in [1.29, 1.82) is 0 Å². The van der Waals surface area contributed by atoms with E-state index in [0.29, 0.717) is 6.42 Å². The fourth-order valence-corrected chi connectivity index (χ4v) is 0.582. The highest BCUT2D eigenvalue weighted by Crippen LogP contribution is 2.05. The molecule has 0 rings (SSSR count). The van der Waals surface area contributed by atoms with Gasteiger partial charge in [-0.2, -0.15) is 0 Å². The van der Waals surface area contributed by atoms with Gasteiger partial charge in [0.2, 0.25) is 0 Å². The van der Waals surface area contributed by atoms with Crippen molar-refractivity contribution in [3.05, 3.63) is 36.5 Å². The maximum Gasteiger partial charge on any atom is 0.0779 e. The Morgan fingerprint density at radius 2 is 2.09 bits per heavy atom. The van der Waals surface area contributed by atoms with Gasteiger partial charge in [0.05, 0.1) is 6.10 Å². The van der Waals surface area contributed by atoms with Crippen molar-refractivity contribution in [1.82, 2.24) is 0 Å². The zero-order chi connectivity index (χ0) is 8.85. The van der Waals surface area contributed by atoms with Crippen LogP contribution < -0.4 is 0 Å². The van der Waals surface area contributed by atoms with Gasteiger partial charge in [0, 0.05) is 0 Å². The first-order chi connectivity index (χ1) is 5.07. The lowest BCUT2D eigenvalue weighted by atomic mass is 10.1. The highest BCUT2D eigenvalue weighted by Gasteiger charge is 2.00. The molecule has 0 saturated carbocycles. The first-order valence-electron chi connectivity index (χ1n) is 3.70. The van der Waals surface area contributed by atoms with E-state index in [2.05, 4.69) is 13.2 Å². The molecule has 1 unspecified atom stereocenters. The largest absolute Gasteiger partial charge is 0.388 e. The molecule has 1 atom stereocenters. The van der Waals surface area contributed by atoms with Crippen LogP contribution in [0.25, 0.3) is 0 Å². The molecule has 1 nitrogen and oxygen atoms in total. The van der Waals surface area contributed by atoms with Gasteiger partial charge in [-0.25, -0.2) is 0 Å². The van der Waals surface area contributed by atoms with Crippen molar-refractivity contribution in [3.8, 4) is 0 Å². The Kier molecular flexibility index (Phi) is 4.55. The number of allylic oxidation sites excluding steroid dienone is 2. The number of rotatable bonds is 4. The van der Waals surface area contributed by atoms with Crippen molar-refractivity contribution in [2.24, 2.45) is 0 Å². The molecule has 0 aromatic rings. The Bertz CT molecular complexity index is 177. The molecule has 0 amide bonds. The molecule has 0 spiro atoms. The minimum absolute atomic E-state index is 0.412. The average molecular weight is 152 g/mol. The Labute approximate surface area is 68.7 Å². The van der Waals surface area contributed by atoms with Crippen LogP contribution in [0.1, 0.15) is 20.3 Å². The van der Waals surface area contributed by atoms with Crippen LogP contribution in [0, 0.1) is 0 Å². The lowest BCUT2D eigenvalue weighted by Crippen LogP contribution is -2.04. The zero-order valence-corrected chi connectivity index (χ0v) is 7.30. The molecule has 0 aliphatic rings. The lowest BCUT2D eigenvalue weighted by molar-refractivity contribution is 0.215. The van der Waals surface area contributed by atoms with Gasteiger partial charge in [-0.05, 0) is 20.3 Å². The van der Waals surface area contributed by atoms with Gasteiger partial charge in [0.25, 0.3) is 0 Å². The smallest absolute Gasteiger partial charge is 0.0779 e. The summed E-state index contributed by atoms with van der Waals surface area (Å²) < 4.78 is 0. The normalized spacial score (nSPS) is 14.3. The summed E-state index contributed by atoms with van der Waals surface area (Å²) in [6.07, 6.45) is 3.94. The predicted octanol–water partition coefficient (Wildman–Crippen LogP) is 2.45. The second-order valence-corrected chi connectivity index (χ2v) is 2.75. The third-order valence-electron chi connectivity index (χ3n) is 1.55. The first-order valence-corrected chi connectivity index (χ1v) is 3.70. The van der Waals surface area contributed by atoms with Crippen molar-refractivity contribution >= 4 is 0 Å². The van der Waals surface area contributed by atoms with Gasteiger partial charge in [-0.3, -0.25) is 0 Å². The molecule has 0 fully saturated rings. The Morgan fingerprint density at radius 3 is 2.45 bits per heavy atom. The summed E-state index contributed by atoms with van der Waals surface area (Å²) >= 11 is 0. The quantitative estimate of drug-likeness (QED) is 0.484. The van der Waals surface area contributed by atoms with E-state index in [1.165, 1.54) is 0 Å². The van der Waals surface area contributed by atoms with Crippen LogP contribution >= 0.6 is 0 Å². The van der Waals surface area contributed by atoms with Gasteiger partial charge in [0.1, 0.15) is 0 Å². The van der Waals surface area contributed by atoms with Crippen LogP contribution in [0.5, 0.6) is 0 Å². The molecule has 0 aromatic heterocycles. The highest BCUT2D eigenvalue weighted by atomic mass is 16.3. The fourth-order valence-electron chi connectivity index (χ4n) is 0.582. The van der Waals surface area contributed by atoms with E-state index < -0.39 is 6.10 Å². The molecule has 0 aromatic carbocycles. The molecule has 1 N–H and O–H groups in total. The van der Waals surface area contributed by atoms with Crippen LogP contribution in [0.3, 0.4) is 0 Å². The number of aliphatic hydroxyl groups is 1. The van der Waals surface area contributed by atoms with Crippen molar-refractivity contribution in [3.63, 3.8) is 0 Å². The second kappa shape index (κ2) is 4.91. The molecule has 1 heteroatoms. The van der Waals surface area contributed by atoms with Gasteiger partial charge >= 0.3 is 0 Å². The van der Waals surface area contributed by atoms with E-state index in [1.807, 2.05) is 19.9 Å².